The van der Waals surface area contributed by atoms with E-state index in [1.807, 2.05) is 6.08 Å². The maximum atomic E-state index is 12.5. The summed E-state index contributed by atoms with van der Waals surface area (Å²) in [6.07, 6.45) is 81.1. The second-order valence-electron chi connectivity index (χ2n) is 20.0. The fraction of sp³-hybridized carbons (Fsp3) is 0.823. The highest BCUT2D eigenvalue weighted by molar-refractivity contribution is 5.76. The number of hydrogen-bond donors (Lipinski definition) is 3. The van der Waals surface area contributed by atoms with Crippen molar-refractivity contribution in [1.82, 2.24) is 5.32 Å². The summed E-state index contributed by atoms with van der Waals surface area (Å²) >= 11 is 0. The zero-order valence-corrected chi connectivity index (χ0v) is 44.5. The molecule has 0 bridgehead atoms. The van der Waals surface area contributed by atoms with Gasteiger partial charge in [-0.15, -0.1) is 0 Å². The lowest BCUT2D eigenvalue weighted by atomic mass is 10.0. The fourth-order valence-corrected chi connectivity index (χ4v) is 9.06. The van der Waals surface area contributed by atoms with Gasteiger partial charge in [0.15, 0.2) is 0 Å². The summed E-state index contributed by atoms with van der Waals surface area (Å²) in [5.74, 6) is -0.0602. The van der Waals surface area contributed by atoms with Crippen LogP contribution in [0.5, 0.6) is 0 Å². The first-order chi connectivity index (χ1) is 32.7. The third-order valence-electron chi connectivity index (χ3n) is 13.5. The molecule has 66 heavy (non-hydrogen) atoms. The van der Waals surface area contributed by atoms with Crippen molar-refractivity contribution in [2.24, 2.45) is 0 Å². The summed E-state index contributed by atoms with van der Waals surface area (Å²) < 4.78 is 0. The molecule has 1 amide bonds. The quantitative estimate of drug-likeness (QED) is 0.0420. The first-order valence-electron chi connectivity index (χ1n) is 29.5. The van der Waals surface area contributed by atoms with Crippen molar-refractivity contribution in [2.75, 3.05) is 6.61 Å². The van der Waals surface area contributed by atoms with E-state index in [2.05, 4.69) is 67.8 Å². The van der Waals surface area contributed by atoms with E-state index in [1.165, 1.54) is 238 Å². The van der Waals surface area contributed by atoms with Crippen LogP contribution in [-0.2, 0) is 4.79 Å². The molecule has 0 saturated carbocycles. The third kappa shape index (κ3) is 53.1. The van der Waals surface area contributed by atoms with Crippen LogP contribution in [-0.4, -0.2) is 34.9 Å². The predicted octanol–water partition coefficient (Wildman–Crippen LogP) is 19.6. The van der Waals surface area contributed by atoms with Gasteiger partial charge in [-0.05, 0) is 57.8 Å². The van der Waals surface area contributed by atoms with Gasteiger partial charge >= 0.3 is 0 Å². The second-order valence-corrected chi connectivity index (χ2v) is 20.0. The Kier molecular flexibility index (Phi) is 55.7. The van der Waals surface area contributed by atoms with Crippen molar-refractivity contribution < 1.29 is 15.0 Å². The van der Waals surface area contributed by atoms with Crippen molar-refractivity contribution in [3.63, 3.8) is 0 Å². The predicted molar refractivity (Wildman–Crippen MR) is 294 cm³/mol. The fourth-order valence-electron chi connectivity index (χ4n) is 9.06. The van der Waals surface area contributed by atoms with Crippen molar-refractivity contribution in [3.05, 3.63) is 60.8 Å². The molecule has 0 aromatic carbocycles. The van der Waals surface area contributed by atoms with E-state index in [1.54, 1.807) is 6.08 Å². The second kappa shape index (κ2) is 57.4. The van der Waals surface area contributed by atoms with Crippen LogP contribution >= 0.6 is 0 Å². The van der Waals surface area contributed by atoms with Gasteiger partial charge < -0.3 is 15.5 Å². The average molecular weight is 923 g/mol. The lowest BCUT2D eigenvalue weighted by Gasteiger charge is -2.20. The highest BCUT2D eigenvalue weighted by Crippen LogP contribution is 2.17. The van der Waals surface area contributed by atoms with E-state index in [0.29, 0.717) is 6.42 Å². The molecule has 0 rings (SSSR count). The molecular weight excluding hydrogens is 807 g/mol. The first-order valence-corrected chi connectivity index (χ1v) is 29.5. The number of aliphatic hydroxyl groups excluding tert-OH is 2. The van der Waals surface area contributed by atoms with E-state index in [0.717, 1.165) is 51.4 Å². The number of allylic oxidation sites excluding steroid dienone is 9. The Bertz CT molecular complexity index is 1090. The van der Waals surface area contributed by atoms with Crippen molar-refractivity contribution in [2.45, 2.75) is 321 Å². The minimum Gasteiger partial charge on any atom is -0.394 e. The molecule has 2 atom stereocenters. The molecule has 0 saturated heterocycles. The molecule has 0 radical (unpaired) electrons. The summed E-state index contributed by atoms with van der Waals surface area (Å²) in [6.45, 7) is 4.23. The molecule has 0 heterocycles. The maximum absolute atomic E-state index is 12.5. The number of amides is 1. The Balaban J connectivity index is 3.47. The van der Waals surface area contributed by atoms with Crippen LogP contribution < -0.4 is 5.32 Å². The van der Waals surface area contributed by atoms with Gasteiger partial charge in [0.25, 0.3) is 0 Å². The normalized spacial score (nSPS) is 13.2. The van der Waals surface area contributed by atoms with Crippen molar-refractivity contribution in [1.29, 1.82) is 0 Å². The number of nitrogens with one attached hydrogen (secondary N) is 1. The summed E-state index contributed by atoms with van der Waals surface area (Å²) in [5.41, 5.74) is 0. The van der Waals surface area contributed by atoms with Crippen LogP contribution in [0, 0.1) is 0 Å². The molecule has 0 spiro atoms. The molecule has 3 N–H and O–H groups in total. The molecule has 0 fully saturated rings. The van der Waals surface area contributed by atoms with Gasteiger partial charge in [-0.1, -0.05) is 306 Å². The smallest absolute Gasteiger partial charge is 0.220 e. The summed E-state index contributed by atoms with van der Waals surface area (Å²) in [6, 6.07) is -0.624. The molecule has 0 aliphatic carbocycles. The van der Waals surface area contributed by atoms with Crippen molar-refractivity contribution >= 4 is 5.91 Å². The van der Waals surface area contributed by atoms with Crippen LogP contribution in [0.4, 0.5) is 0 Å². The number of rotatable bonds is 54. The molecule has 0 aromatic rings. The van der Waals surface area contributed by atoms with E-state index in [9.17, 15) is 15.0 Å². The molecule has 4 nitrogen and oxygen atoms in total. The van der Waals surface area contributed by atoms with Gasteiger partial charge in [-0.2, -0.15) is 0 Å². The zero-order chi connectivity index (χ0) is 47.7. The maximum Gasteiger partial charge on any atom is 0.220 e. The minimum absolute atomic E-state index is 0.0602. The molecule has 0 aliphatic heterocycles. The average Bonchev–Trinajstić information content (AvgIpc) is 3.32. The molecule has 386 valence electrons. The highest BCUT2D eigenvalue weighted by Gasteiger charge is 2.18. The Hall–Kier alpha value is -1.91. The number of carbonyl (C=O) groups excluding carboxylic acids is 1. The number of unbranched alkanes of at least 4 members (excludes halogenated alkanes) is 39. The van der Waals surface area contributed by atoms with Crippen molar-refractivity contribution in [3.8, 4) is 0 Å². The standard InChI is InChI=1S/C62H115NO3/c1-3-5-7-9-11-13-15-17-19-21-23-25-27-28-29-30-31-32-33-34-36-38-40-42-44-46-48-50-52-54-56-58-62(66)63-60(59-64)61(65)57-55-53-51-49-47-45-43-41-39-37-35-26-24-22-20-18-16-14-12-10-8-6-4-2/h5,7,11,13,17,19,23,25,55,57,60-61,64-65H,3-4,6,8-10,12,14-16,18,20-22,24,26-54,56,58-59H2,1-2H3,(H,63,66)/b7-5-,13-11-,19-17-,25-23-,57-55+. The van der Waals surface area contributed by atoms with Crippen LogP contribution in [0.3, 0.4) is 0 Å². The third-order valence-corrected chi connectivity index (χ3v) is 13.5. The topological polar surface area (TPSA) is 69.6 Å². The minimum atomic E-state index is -0.841. The van der Waals surface area contributed by atoms with Gasteiger partial charge in [0.2, 0.25) is 5.91 Å². The number of aliphatic hydroxyl groups is 2. The first kappa shape index (κ1) is 64.1. The summed E-state index contributed by atoms with van der Waals surface area (Å²) in [7, 11) is 0. The molecule has 0 aliphatic rings. The SMILES string of the molecule is CC/C=C\C/C=C\C/C=C\C/C=C\CCCCCCCCCCCCCCCCCCCCC(=O)NC(CO)C(O)/C=C/CCCCCCCCCCCCCCCCCCCCCCC. The van der Waals surface area contributed by atoms with E-state index in [-0.39, 0.29) is 12.5 Å². The highest BCUT2D eigenvalue weighted by atomic mass is 16.3. The Morgan fingerprint density at radius 2 is 0.667 bits per heavy atom. The lowest BCUT2D eigenvalue weighted by molar-refractivity contribution is -0.123. The lowest BCUT2D eigenvalue weighted by Crippen LogP contribution is -2.45. The summed E-state index contributed by atoms with van der Waals surface area (Å²) in [4.78, 5) is 12.5. The Morgan fingerprint density at radius 1 is 0.379 bits per heavy atom. The van der Waals surface area contributed by atoms with Crippen LogP contribution in [0.15, 0.2) is 60.8 Å². The van der Waals surface area contributed by atoms with E-state index in [4.69, 9.17) is 0 Å². The number of hydrogen-bond acceptors (Lipinski definition) is 3. The van der Waals surface area contributed by atoms with Gasteiger partial charge in [-0.3, -0.25) is 4.79 Å². The van der Waals surface area contributed by atoms with Gasteiger partial charge in [0.1, 0.15) is 0 Å². The van der Waals surface area contributed by atoms with Crippen LogP contribution in [0.25, 0.3) is 0 Å². The Labute approximate surface area is 413 Å². The Morgan fingerprint density at radius 3 is 1.00 bits per heavy atom. The largest absolute Gasteiger partial charge is 0.394 e. The number of carbonyl (C=O) groups is 1. The molecular formula is C62H115NO3. The molecule has 4 heteroatoms. The summed E-state index contributed by atoms with van der Waals surface area (Å²) in [5, 5.41) is 23.2. The molecule has 2 unspecified atom stereocenters. The van der Waals surface area contributed by atoms with Gasteiger partial charge in [-0.25, -0.2) is 0 Å². The van der Waals surface area contributed by atoms with E-state index < -0.39 is 12.1 Å². The molecule has 0 aromatic heterocycles. The van der Waals surface area contributed by atoms with Crippen LogP contribution in [0.2, 0.25) is 0 Å². The van der Waals surface area contributed by atoms with E-state index >= 15 is 0 Å². The monoisotopic (exact) mass is 922 g/mol. The van der Waals surface area contributed by atoms with Gasteiger partial charge in [0, 0.05) is 6.42 Å². The zero-order valence-electron chi connectivity index (χ0n) is 44.5. The van der Waals surface area contributed by atoms with Crippen LogP contribution in [0.1, 0.15) is 309 Å². The van der Waals surface area contributed by atoms with Gasteiger partial charge in [0.05, 0.1) is 18.8 Å².